The first-order chi connectivity index (χ1) is 18.0. The molecule has 7 nitrogen and oxygen atoms in total. The standard InChI is InChI=1S/C26H21F5N6O/c1-14(17-6-7-20(27)21(28)8-17)37-25(38)19-9-18(26(29,30)31)11-36-24(19)35-10-15-2-4-16(5-3-15)22-12-34-23(32)13-33-22/h2-9,11-14H,10H2,1H3,(H2,32,34)(H,35,36)(H,37,38)/t14-/m0/s1. The quantitative estimate of drug-likeness (QED) is 0.273. The number of hydrogen-bond acceptors (Lipinski definition) is 6. The number of anilines is 2. The van der Waals surface area contributed by atoms with Crippen molar-refractivity contribution in [2.45, 2.75) is 25.7 Å². The molecule has 4 rings (SSSR count). The number of aromatic nitrogens is 3. The first-order valence-corrected chi connectivity index (χ1v) is 11.2. The van der Waals surface area contributed by atoms with Crippen molar-refractivity contribution in [3.63, 3.8) is 0 Å². The maximum Gasteiger partial charge on any atom is 0.417 e. The molecule has 0 aliphatic carbocycles. The molecule has 0 bridgehead atoms. The molecule has 1 amide bonds. The highest BCUT2D eigenvalue weighted by Gasteiger charge is 2.33. The van der Waals surface area contributed by atoms with Gasteiger partial charge in [0.15, 0.2) is 11.6 Å². The lowest BCUT2D eigenvalue weighted by atomic mass is 10.1. The van der Waals surface area contributed by atoms with Crippen molar-refractivity contribution < 1.29 is 26.7 Å². The fourth-order valence-electron chi connectivity index (χ4n) is 3.54. The van der Waals surface area contributed by atoms with Gasteiger partial charge in [-0.1, -0.05) is 30.3 Å². The Morgan fingerprint density at radius 2 is 1.68 bits per heavy atom. The number of rotatable bonds is 7. The first kappa shape index (κ1) is 26.5. The number of nitrogens with zero attached hydrogens (tertiary/aromatic N) is 3. The summed E-state index contributed by atoms with van der Waals surface area (Å²) in [5.41, 5.74) is 6.45. The molecule has 0 aliphatic heterocycles. The second kappa shape index (κ2) is 10.8. The second-order valence-corrected chi connectivity index (χ2v) is 8.36. The minimum Gasteiger partial charge on any atom is -0.382 e. The number of hydrogen-bond donors (Lipinski definition) is 3. The number of amides is 1. The number of carbonyl (C=O) groups excluding carboxylic acids is 1. The van der Waals surface area contributed by atoms with Gasteiger partial charge in [-0.05, 0) is 36.2 Å². The summed E-state index contributed by atoms with van der Waals surface area (Å²) in [6.07, 6.45) is -1.14. The van der Waals surface area contributed by atoms with Crippen LogP contribution in [0.4, 0.5) is 33.6 Å². The average molecular weight is 528 g/mol. The number of halogens is 5. The minimum absolute atomic E-state index is 0.0820. The average Bonchev–Trinajstić information content (AvgIpc) is 2.89. The third kappa shape index (κ3) is 6.20. The summed E-state index contributed by atoms with van der Waals surface area (Å²) >= 11 is 0. The molecule has 1 atom stereocenters. The van der Waals surface area contributed by atoms with Gasteiger partial charge >= 0.3 is 6.18 Å². The lowest BCUT2D eigenvalue weighted by Gasteiger charge is -2.18. The van der Waals surface area contributed by atoms with Gasteiger partial charge in [-0.25, -0.2) is 18.7 Å². The summed E-state index contributed by atoms with van der Waals surface area (Å²) < 4.78 is 66.9. The van der Waals surface area contributed by atoms with Crippen LogP contribution in [0, 0.1) is 11.6 Å². The Kier molecular flexibility index (Phi) is 7.51. The molecule has 196 valence electrons. The molecule has 0 saturated heterocycles. The van der Waals surface area contributed by atoms with Crippen LogP contribution in [0.2, 0.25) is 0 Å². The van der Waals surface area contributed by atoms with Crippen molar-refractivity contribution in [1.29, 1.82) is 0 Å². The Morgan fingerprint density at radius 3 is 2.32 bits per heavy atom. The van der Waals surface area contributed by atoms with E-state index < -0.39 is 35.3 Å². The summed E-state index contributed by atoms with van der Waals surface area (Å²) in [4.78, 5) is 25.0. The van der Waals surface area contributed by atoms with Crippen molar-refractivity contribution >= 4 is 17.5 Å². The fourth-order valence-corrected chi connectivity index (χ4v) is 3.54. The van der Waals surface area contributed by atoms with Gasteiger partial charge < -0.3 is 16.4 Å². The Balaban J connectivity index is 1.53. The van der Waals surface area contributed by atoms with E-state index in [-0.39, 0.29) is 29.3 Å². The molecule has 2 heterocycles. The van der Waals surface area contributed by atoms with E-state index in [1.807, 2.05) is 0 Å². The number of nitrogens with two attached hydrogens (primary N) is 1. The van der Waals surface area contributed by atoms with Gasteiger partial charge in [0.25, 0.3) is 5.91 Å². The highest BCUT2D eigenvalue weighted by Crippen LogP contribution is 2.31. The summed E-state index contributed by atoms with van der Waals surface area (Å²) in [6.45, 7) is 1.64. The van der Waals surface area contributed by atoms with Crippen molar-refractivity contribution in [2.75, 3.05) is 11.1 Å². The number of alkyl halides is 3. The molecule has 4 aromatic rings. The van der Waals surface area contributed by atoms with Gasteiger partial charge in [-0.2, -0.15) is 13.2 Å². The Labute approximate surface area is 214 Å². The van der Waals surface area contributed by atoms with E-state index in [9.17, 15) is 26.7 Å². The largest absolute Gasteiger partial charge is 0.417 e. The van der Waals surface area contributed by atoms with Crippen LogP contribution in [-0.4, -0.2) is 20.9 Å². The molecular weight excluding hydrogens is 507 g/mol. The minimum atomic E-state index is -4.73. The monoisotopic (exact) mass is 528 g/mol. The van der Waals surface area contributed by atoms with Gasteiger partial charge in [0.2, 0.25) is 0 Å². The second-order valence-electron chi connectivity index (χ2n) is 8.36. The van der Waals surface area contributed by atoms with Crippen molar-refractivity contribution in [3.05, 3.63) is 101 Å². The van der Waals surface area contributed by atoms with E-state index in [0.29, 0.717) is 18.0 Å². The molecule has 38 heavy (non-hydrogen) atoms. The normalized spacial score (nSPS) is 12.2. The summed E-state index contributed by atoms with van der Waals surface area (Å²) in [5, 5.41) is 5.40. The van der Waals surface area contributed by atoms with Crippen LogP contribution in [0.1, 0.15) is 40.0 Å². The molecule has 12 heteroatoms. The number of carbonyl (C=O) groups is 1. The topological polar surface area (TPSA) is 106 Å². The third-order valence-electron chi connectivity index (χ3n) is 5.63. The van der Waals surface area contributed by atoms with Crippen LogP contribution >= 0.6 is 0 Å². The van der Waals surface area contributed by atoms with Crippen molar-refractivity contribution in [1.82, 2.24) is 20.3 Å². The lowest BCUT2D eigenvalue weighted by Crippen LogP contribution is -2.28. The van der Waals surface area contributed by atoms with E-state index in [2.05, 4.69) is 25.6 Å². The van der Waals surface area contributed by atoms with Crippen LogP contribution in [0.3, 0.4) is 0 Å². The van der Waals surface area contributed by atoms with E-state index in [1.165, 1.54) is 25.4 Å². The zero-order valence-electron chi connectivity index (χ0n) is 19.9. The highest BCUT2D eigenvalue weighted by molar-refractivity contribution is 5.99. The molecule has 4 N–H and O–H groups in total. The molecule has 2 aromatic heterocycles. The van der Waals surface area contributed by atoms with Gasteiger partial charge in [0.1, 0.15) is 11.6 Å². The summed E-state index contributed by atoms with van der Waals surface area (Å²) in [5.74, 6) is -2.84. The Morgan fingerprint density at radius 1 is 0.947 bits per heavy atom. The first-order valence-electron chi connectivity index (χ1n) is 11.2. The van der Waals surface area contributed by atoms with Crippen molar-refractivity contribution in [3.8, 4) is 11.3 Å². The van der Waals surface area contributed by atoms with Gasteiger partial charge in [0.05, 0.1) is 35.3 Å². The smallest absolute Gasteiger partial charge is 0.382 e. The van der Waals surface area contributed by atoms with E-state index in [1.54, 1.807) is 24.3 Å². The molecule has 0 saturated carbocycles. The van der Waals surface area contributed by atoms with Crippen LogP contribution < -0.4 is 16.4 Å². The maximum atomic E-state index is 13.6. The number of pyridine rings is 1. The molecular formula is C26H21F5N6O. The molecule has 2 aromatic carbocycles. The van der Waals surface area contributed by atoms with Gasteiger partial charge in [-0.15, -0.1) is 0 Å². The number of nitrogen functional groups attached to an aromatic ring is 1. The molecule has 0 unspecified atom stereocenters. The van der Waals surface area contributed by atoms with Gasteiger partial charge in [-0.3, -0.25) is 9.78 Å². The summed E-state index contributed by atoms with van der Waals surface area (Å²) in [7, 11) is 0. The highest BCUT2D eigenvalue weighted by atomic mass is 19.4. The Bertz CT molecular complexity index is 1440. The van der Waals surface area contributed by atoms with E-state index in [4.69, 9.17) is 5.73 Å². The zero-order chi connectivity index (χ0) is 27.4. The predicted octanol–water partition coefficient (Wildman–Crippen LogP) is 5.52. The number of benzene rings is 2. The molecule has 0 spiro atoms. The predicted molar refractivity (Wildman–Crippen MR) is 131 cm³/mol. The van der Waals surface area contributed by atoms with Crippen LogP contribution in [0.25, 0.3) is 11.3 Å². The Hall–Kier alpha value is -4.61. The molecule has 0 aliphatic rings. The van der Waals surface area contributed by atoms with Crippen molar-refractivity contribution in [2.24, 2.45) is 0 Å². The van der Waals surface area contributed by atoms with Crippen LogP contribution in [0.15, 0.2) is 67.1 Å². The number of nitrogens with one attached hydrogen (secondary N) is 2. The van der Waals surface area contributed by atoms with Crippen LogP contribution in [-0.2, 0) is 12.7 Å². The maximum absolute atomic E-state index is 13.6. The molecule has 0 radical (unpaired) electrons. The van der Waals surface area contributed by atoms with E-state index in [0.717, 1.165) is 23.3 Å². The zero-order valence-corrected chi connectivity index (χ0v) is 19.9. The van der Waals surface area contributed by atoms with Gasteiger partial charge in [0, 0.05) is 18.3 Å². The third-order valence-corrected chi connectivity index (χ3v) is 5.63. The SMILES string of the molecule is C[C@H](NC(=O)c1cc(C(F)(F)F)cnc1NCc1ccc(-c2cnc(N)cn2)cc1)c1ccc(F)c(F)c1. The lowest BCUT2D eigenvalue weighted by molar-refractivity contribution is -0.137. The summed E-state index contributed by atoms with van der Waals surface area (Å²) in [6, 6.07) is 10.1. The van der Waals surface area contributed by atoms with E-state index >= 15 is 0 Å². The van der Waals surface area contributed by atoms with Crippen LogP contribution in [0.5, 0.6) is 0 Å². The molecule has 0 fully saturated rings. The fraction of sp³-hybridized carbons (Fsp3) is 0.154.